The number of carbonyl (C=O) groups is 2. The Hall–Kier alpha value is -2.34. The molecule has 2 heterocycles. The SMILES string of the molecule is O=C(O)CC1(NC(=O)Cn2ccc3ccccc32)CCOCC1. The number of ether oxygens (including phenoxy) is 1. The number of aromatic nitrogens is 1. The summed E-state index contributed by atoms with van der Waals surface area (Å²) in [6.45, 7) is 1.12. The van der Waals surface area contributed by atoms with Crippen molar-refractivity contribution >= 4 is 22.8 Å². The van der Waals surface area contributed by atoms with Crippen molar-refractivity contribution in [3.63, 3.8) is 0 Å². The van der Waals surface area contributed by atoms with Gasteiger partial charge in [0.15, 0.2) is 0 Å². The molecule has 3 rings (SSSR count). The molecule has 2 N–H and O–H groups in total. The summed E-state index contributed by atoms with van der Waals surface area (Å²) in [6.07, 6.45) is 2.85. The topological polar surface area (TPSA) is 80.6 Å². The number of fused-ring (bicyclic) bond motifs is 1. The van der Waals surface area contributed by atoms with Crippen molar-refractivity contribution in [1.29, 1.82) is 0 Å². The lowest BCUT2D eigenvalue weighted by molar-refractivity contribution is -0.140. The number of aliphatic carboxylic acids is 1. The van der Waals surface area contributed by atoms with Crippen molar-refractivity contribution in [2.75, 3.05) is 13.2 Å². The maximum absolute atomic E-state index is 12.4. The molecule has 1 aromatic carbocycles. The lowest BCUT2D eigenvalue weighted by Crippen LogP contribution is -2.53. The summed E-state index contributed by atoms with van der Waals surface area (Å²) >= 11 is 0. The van der Waals surface area contributed by atoms with Gasteiger partial charge in [-0.05, 0) is 30.4 Å². The number of para-hydroxylation sites is 1. The molecule has 23 heavy (non-hydrogen) atoms. The van der Waals surface area contributed by atoms with E-state index in [1.54, 1.807) is 0 Å². The quantitative estimate of drug-likeness (QED) is 0.881. The summed E-state index contributed by atoms with van der Waals surface area (Å²) in [7, 11) is 0. The predicted molar refractivity (Wildman–Crippen MR) is 85.1 cm³/mol. The van der Waals surface area contributed by atoms with Crippen LogP contribution in [0, 0.1) is 0 Å². The number of rotatable bonds is 5. The number of benzene rings is 1. The number of carboxylic acid groups (broad SMARTS) is 1. The predicted octanol–water partition coefficient (Wildman–Crippen LogP) is 1.78. The molecule has 0 radical (unpaired) electrons. The van der Waals surface area contributed by atoms with E-state index in [0.29, 0.717) is 26.1 Å². The Balaban J connectivity index is 1.73. The van der Waals surface area contributed by atoms with Crippen LogP contribution in [-0.2, 0) is 20.9 Å². The summed E-state index contributed by atoms with van der Waals surface area (Å²) in [5, 5.41) is 13.2. The van der Waals surface area contributed by atoms with Crippen molar-refractivity contribution in [2.24, 2.45) is 0 Å². The maximum atomic E-state index is 12.4. The standard InChI is InChI=1S/C17H20N2O4/c20-15(12-19-8-5-13-3-1-2-4-14(13)19)18-17(11-16(21)22)6-9-23-10-7-17/h1-5,8H,6-7,9-12H2,(H,18,20)(H,21,22). The second-order valence-corrected chi connectivity index (χ2v) is 6.01. The summed E-state index contributed by atoms with van der Waals surface area (Å²) in [5.41, 5.74) is 0.284. The molecule has 0 saturated carbocycles. The third kappa shape index (κ3) is 3.53. The summed E-state index contributed by atoms with van der Waals surface area (Å²) in [6, 6.07) is 9.81. The van der Waals surface area contributed by atoms with E-state index in [1.807, 2.05) is 41.1 Å². The summed E-state index contributed by atoms with van der Waals surface area (Å²) in [5.74, 6) is -1.08. The number of nitrogens with one attached hydrogen (secondary N) is 1. The number of amides is 1. The molecule has 1 aliphatic rings. The first-order valence-electron chi connectivity index (χ1n) is 7.72. The van der Waals surface area contributed by atoms with Gasteiger partial charge in [-0.2, -0.15) is 0 Å². The Bertz CT molecular complexity index is 716. The highest BCUT2D eigenvalue weighted by Crippen LogP contribution is 2.25. The first-order chi connectivity index (χ1) is 11.1. The zero-order valence-corrected chi connectivity index (χ0v) is 12.8. The van der Waals surface area contributed by atoms with E-state index in [0.717, 1.165) is 10.9 Å². The molecule has 1 fully saturated rings. The third-order valence-corrected chi connectivity index (χ3v) is 4.34. The Morgan fingerprint density at radius 1 is 1.22 bits per heavy atom. The van der Waals surface area contributed by atoms with Crippen LogP contribution in [-0.4, -0.2) is 40.3 Å². The molecule has 0 atom stereocenters. The van der Waals surface area contributed by atoms with E-state index < -0.39 is 11.5 Å². The fourth-order valence-electron chi connectivity index (χ4n) is 3.17. The fraction of sp³-hybridized carbons (Fsp3) is 0.412. The van der Waals surface area contributed by atoms with Gasteiger partial charge in [-0.15, -0.1) is 0 Å². The highest BCUT2D eigenvalue weighted by atomic mass is 16.5. The van der Waals surface area contributed by atoms with Gasteiger partial charge >= 0.3 is 5.97 Å². The highest BCUT2D eigenvalue weighted by molar-refractivity contribution is 5.83. The molecule has 0 aliphatic carbocycles. The molecule has 1 aromatic heterocycles. The average Bonchev–Trinajstić information content (AvgIpc) is 2.90. The number of hydrogen-bond acceptors (Lipinski definition) is 3. The van der Waals surface area contributed by atoms with E-state index in [9.17, 15) is 9.59 Å². The van der Waals surface area contributed by atoms with Crippen LogP contribution in [0.5, 0.6) is 0 Å². The summed E-state index contributed by atoms with van der Waals surface area (Å²) in [4.78, 5) is 23.6. The van der Waals surface area contributed by atoms with Crippen LogP contribution in [0.15, 0.2) is 36.5 Å². The molecule has 2 aromatic rings. The Morgan fingerprint density at radius 3 is 2.70 bits per heavy atom. The Labute approximate surface area is 134 Å². The number of carboxylic acids is 1. The normalized spacial score (nSPS) is 17.0. The van der Waals surface area contributed by atoms with Crippen LogP contribution >= 0.6 is 0 Å². The van der Waals surface area contributed by atoms with Crippen LogP contribution in [0.1, 0.15) is 19.3 Å². The van der Waals surface area contributed by atoms with Crippen LogP contribution in [0.25, 0.3) is 10.9 Å². The minimum atomic E-state index is -0.904. The van der Waals surface area contributed by atoms with Crippen LogP contribution in [0.3, 0.4) is 0 Å². The molecule has 1 saturated heterocycles. The van der Waals surface area contributed by atoms with E-state index in [-0.39, 0.29) is 18.9 Å². The van der Waals surface area contributed by atoms with Crippen LogP contribution in [0.4, 0.5) is 0 Å². The van der Waals surface area contributed by atoms with E-state index in [4.69, 9.17) is 9.84 Å². The monoisotopic (exact) mass is 316 g/mol. The average molecular weight is 316 g/mol. The van der Waals surface area contributed by atoms with Gasteiger partial charge in [-0.1, -0.05) is 18.2 Å². The Morgan fingerprint density at radius 2 is 1.96 bits per heavy atom. The van der Waals surface area contributed by atoms with Gasteiger partial charge in [0.05, 0.1) is 12.0 Å². The Kier molecular flexibility index (Phi) is 4.34. The van der Waals surface area contributed by atoms with Gasteiger partial charge in [0.1, 0.15) is 6.54 Å². The molecule has 1 aliphatic heterocycles. The minimum Gasteiger partial charge on any atom is -0.481 e. The lowest BCUT2D eigenvalue weighted by atomic mass is 9.86. The molecule has 0 bridgehead atoms. The maximum Gasteiger partial charge on any atom is 0.305 e. The van der Waals surface area contributed by atoms with E-state index in [1.165, 1.54) is 0 Å². The molecule has 122 valence electrons. The number of carbonyl (C=O) groups excluding carboxylic acids is 1. The first-order valence-corrected chi connectivity index (χ1v) is 7.72. The zero-order chi connectivity index (χ0) is 16.3. The minimum absolute atomic E-state index is 0.0749. The zero-order valence-electron chi connectivity index (χ0n) is 12.8. The van der Waals surface area contributed by atoms with Gasteiger partial charge < -0.3 is 19.7 Å². The van der Waals surface area contributed by atoms with Gasteiger partial charge in [0.25, 0.3) is 0 Å². The van der Waals surface area contributed by atoms with Gasteiger partial charge in [0, 0.05) is 24.9 Å². The van der Waals surface area contributed by atoms with Gasteiger partial charge in [-0.25, -0.2) is 0 Å². The van der Waals surface area contributed by atoms with Crippen molar-refractivity contribution in [2.45, 2.75) is 31.3 Å². The molecule has 1 amide bonds. The van der Waals surface area contributed by atoms with Crippen molar-refractivity contribution in [3.8, 4) is 0 Å². The van der Waals surface area contributed by atoms with Gasteiger partial charge in [0.2, 0.25) is 5.91 Å². The molecule has 0 unspecified atom stereocenters. The molecular formula is C17H20N2O4. The fourth-order valence-corrected chi connectivity index (χ4v) is 3.17. The molecule has 6 heteroatoms. The largest absolute Gasteiger partial charge is 0.481 e. The molecular weight excluding hydrogens is 296 g/mol. The molecule has 6 nitrogen and oxygen atoms in total. The van der Waals surface area contributed by atoms with Crippen molar-refractivity contribution in [3.05, 3.63) is 36.5 Å². The van der Waals surface area contributed by atoms with Crippen molar-refractivity contribution < 1.29 is 19.4 Å². The second kappa shape index (κ2) is 6.42. The van der Waals surface area contributed by atoms with Crippen molar-refractivity contribution in [1.82, 2.24) is 9.88 Å². The highest BCUT2D eigenvalue weighted by Gasteiger charge is 2.36. The smallest absolute Gasteiger partial charge is 0.305 e. The van der Waals surface area contributed by atoms with Gasteiger partial charge in [-0.3, -0.25) is 9.59 Å². The number of hydrogen-bond donors (Lipinski definition) is 2. The van der Waals surface area contributed by atoms with Crippen LogP contribution < -0.4 is 5.32 Å². The second-order valence-electron chi connectivity index (χ2n) is 6.01. The number of nitrogens with zero attached hydrogens (tertiary/aromatic N) is 1. The third-order valence-electron chi connectivity index (χ3n) is 4.34. The van der Waals surface area contributed by atoms with E-state index >= 15 is 0 Å². The first kappa shape index (κ1) is 15.6. The lowest BCUT2D eigenvalue weighted by Gasteiger charge is -2.36. The molecule has 0 spiro atoms. The van der Waals surface area contributed by atoms with Crippen LogP contribution in [0.2, 0.25) is 0 Å². The van der Waals surface area contributed by atoms with E-state index in [2.05, 4.69) is 5.32 Å². The summed E-state index contributed by atoms with van der Waals surface area (Å²) < 4.78 is 7.18.